The standard InChI is InChI=1S/C14H15NO4/c1-3-18-14(17)7-5-11-4-6-12(9-15)13(8-11)19-10(2)16/h4,6,8H,3,5,7H2,1-2H3. The summed E-state index contributed by atoms with van der Waals surface area (Å²) in [5.74, 6) is -0.545. The SMILES string of the molecule is CCOC(=O)CCc1ccc(C#N)c(OC(C)=O)c1. The van der Waals surface area contributed by atoms with E-state index < -0.39 is 5.97 Å². The molecule has 5 heteroatoms. The van der Waals surface area contributed by atoms with Gasteiger partial charge in [0.05, 0.1) is 12.2 Å². The van der Waals surface area contributed by atoms with E-state index in [0.29, 0.717) is 13.0 Å². The van der Waals surface area contributed by atoms with Crippen LogP contribution in [0.25, 0.3) is 0 Å². The van der Waals surface area contributed by atoms with Gasteiger partial charge in [0.25, 0.3) is 0 Å². The van der Waals surface area contributed by atoms with E-state index in [0.717, 1.165) is 5.56 Å². The van der Waals surface area contributed by atoms with E-state index in [-0.39, 0.29) is 23.7 Å². The van der Waals surface area contributed by atoms with E-state index in [1.54, 1.807) is 25.1 Å². The van der Waals surface area contributed by atoms with E-state index in [9.17, 15) is 9.59 Å². The first kappa shape index (κ1) is 14.7. The number of rotatable bonds is 5. The Balaban J connectivity index is 2.78. The highest BCUT2D eigenvalue weighted by Crippen LogP contribution is 2.21. The number of hydrogen-bond donors (Lipinski definition) is 0. The Labute approximate surface area is 111 Å². The molecule has 0 amide bonds. The molecule has 19 heavy (non-hydrogen) atoms. The summed E-state index contributed by atoms with van der Waals surface area (Å²) in [6.45, 7) is 3.37. The molecule has 0 fully saturated rings. The van der Waals surface area contributed by atoms with Crippen LogP contribution >= 0.6 is 0 Å². The van der Waals surface area contributed by atoms with Crippen molar-refractivity contribution in [2.45, 2.75) is 26.7 Å². The van der Waals surface area contributed by atoms with Crippen molar-refractivity contribution in [2.24, 2.45) is 0 Å². The topological polar surface area (TPSA) is 76.4 Å². The average molecular weight is 261 g/mol. The summed E-state index contributed by atoms with van der Waals surface area (Å²) in [6, 6.07) is 6.84. The summed E-state index contributed by atoms with van der Waals surface area (Å²) >= 11 is 0. The summed E-state index contributed by atoms with van der Waals surface area (Å²) in [5, 5.41) is 8.89. The number of hydrogen-bond acceptors (Lipinski definition) is 5. The molecule has 1 aromatic carbocycles. The highest BCUT2D eigenvalue weighted by molar-refractivity contribution is 5.71. The summed E-state index contributed by atoms with van der Waals surface area (Å²) in [5.41, 5.74) is 1.10. The zero-order chi connectivity index (χ0) is 14.3. The van der Waals surface area contributed by atoms with Gasteiger partial charge in [-0.3, -0.25) is 9.59 Å². The molecule has 0 aliphatic carbocycles. The van der Waals surface area contributed by atoms with E-state index in [1.165, 1.54) is 6.92 Å². The maximum absolute atomic E-state index is 11.2. The van der Waals surface area contributed by atoms with Gasteiger partial charge in [0.1, 0.15) is 11.8 Å². The maximum atomic E-state index is 11.2. The largest absolute Gasteiger partial charge is 0.466 e. The second-order valence-corrected chi connectivity index (χ2v) is 3.84. The number of benzene rings is 1. The van der Waals surface area contributed by atoms with Crippen molar-refractivity contribution in [3.63, 3.8) is 0 Å². The molecular formula is C14H15NO4. The quantitative estimate of drug-likeness (QED) is 0.598. The number of ether oxygens (including phenoxy) is 2. The number of esters is 2. The molecule has 0 aliphatic heterocycles. The van der Waals surface area contributed by atoms with Gasteiger partial charge in [-0.2, -0.15) is 5.26 Å². The Kier molecular flexibility index (Phi) is 5.55. The lowest BCUT2D eigenvalue weighted by molar-refractivity contribution is -0.143. The summed E-state index contributed by atoms with van der Waals surface area (Å²) in [6.07, 6.45) is 0.720. The molecule has 0 atom stereocenters. The van der Waals surface area contributed by atoms with Crippen LogP contribution in [0.3, 0.4) is 0 Å². The minimum Gasteiger partial charge on any atom is -0.466 e. The molecule has 0 saturated carbocycles. The first-order chi connectivity index (χ1) is 9.06. The third-order valence-corrected chi connectivity index (χ3v) is 2.34. The second-order valence-electron chi connectivity index (χ2n) is 3.84. The Hall–Kier alpha value is -2.35. The predicted octanol–water partition coefficient (Wildman–Crippen LogP) is 1.98. The lowest BCUT2D eigenvalue weighted by Gasteiger charge is -2.07. The van der Waals surface area contributed by atoms with E-state index in [2.05, 4.69) is 0 Å². The third kappa shape index (κ3) is 4.80. The van der Waals surface area contributed by atoms with Gasteiger partial charge in [0.2, 0.25) is 0 Å². The zero-order valence-corrected chi connectivity index (χ0v) is 10.9. The number of aryl methyl sites for hydroxylation is 1. The number of carbonyl (C=O) groups excluding carboxylic acids is 2. The van der Waals surface area contributed by atoms with Crippen molar-refractivity contribution in [1.29, 1.82) is 5.26 Å². The Morgan fingerprint density at radius 2 is 2.11 bits per heavy atom. The van der Waals surface area contributed by atoms with E-state index >= 15 is 0 Å². The van der Waals surface area contributed by atoms with Gasteiger partial charge < -0.3 is 9.47 Å². The second kappa shape index (κ2) is 7.17. The molecule has 0 unspecified atom stereocenters. The molecule has 0 N–H and O–H groups in total. The van der Waals surface area contributed by atoms with Crippen LogP contribution in [-0.2, 0) is 20.7 Å². The smallest absolute Gasteiger partial charge is 0.308 e. The average Bonchev–Trinajstić information content (AvgIpc) is 2.36. The fourth-order valence-electron chi connectivity index (χ4n) is 1.53. The van der Waals surface area contributed by atoms with Crippen LogP contribution in [0.5, 0.6) is 5.75 Å². The van der Waals surface area contributed by atoms with Crippen molar-refractivity contribution >= 4 is 11.9 Å². The molecule has 1 aromatic rings. The molecule has 0 bridgehead atoms. The van der Waals surface area contributed by atoms with E-state index in [4.69, 9.17) is 14.7 Å². The molecule has 1 rings (SSSR count). The number of carbonyl (C=O) groups is 2. The van der Waals surface area contributed by atoms with Crippen LogP contribution in [-0.4, -0.2) is 18.5 Å². The minimum absolute atomic E-state index is 0.219. The Bertz CT molecular complexity index is 517. The highest BCUT2D eigenvalue weighted by Gasteiger charge is 2.09. The number of nitrogens with zero attached hydrogens (tertiary/aromatic N) is 1. The van der Waals surface area contributed by atoms with Crippen molar-refractivity contribution in [3.05, 3.63) is 29.3 Å². The fraction of sp³-hybridized carbons (Fsp3) is 0.357. The molecule has 0 radical (unpaired) electrons. The van der Waals surface area contributed by atoms with Crippen LogP contribution in [0.2, 0.25) is 0 Å². The minimum atomic E-state index is -0.487. The van der Waals surface area contributed by atoms with Gasteiger partial charge in [0, 0.05) is 13.3 Å². The first-order valence-corrected chi connectivity index (χ1v) is 5.94. The monoisotopic (exact) mass is 261 g/mol. The fourth-order valence-corrected chi connectivity index (χ4v) is 1.53. The molecular weight excluding hydrogens is 246 g/mol. The van der Waals surface area contributed by atoms with Crippen molar-refractivity contribution in [3.8, 4) is 11.8 Å². The zero-order valence-electron chi connectivity index (χ0n) is 10.9. The summed E-state index contributed by atoms with van der Waals surface area (Å²) in [4.78, 5) is 22.2. The predicted molar refractivity (Wildman–Crippen MR) is 67.4 cm³/mol. The molecule has 0 aromatic heterocycles. The van der Waals surface area contributed by atoms with Gasteiger partial charge in [-0.05, 0) is 31.0 Å². The van der Waals surface area contributed by atoms with Gasteiger partial charge >= 0.3 is 11.9 Å². The highest BCUT2D eigenvalue weighted by atomic mass is 16.5. The van der Waals surface area contributed by atoms with Crippen molar-refractivity contribution < 1.29 is 19.1 Å². The van der Waals surface area contributed by atoms with Gasteiger partial charge in [0.15, 0.2) is 0 Å². The van der Waals surface area contributed by atoms with Gasteiger partial charge in [-0.1, -0.05) is 6.07 Å². The first-order valence-electron chi connectivity index (χ1n) is 5.94. The van der Waals surface area contributed by atoms with Crippen molar-refractivity contribution in [2.75, 3.05) is 6.61 Å². The molecule has 0 saturated heterocycles. The molecule has 5 nitrogen and oxygen atoms in total. The molecule has 0 aliphatic rings. The Morgan fingerprint density at radius 3 is 2.68 bits per heavy atom. The Morgan fingerprint density at radius 1 is 1.37 bits per heavy atom. The number of nitriles is 1. The molecule has 0 heterocycles. The van der Waals surface area contributed by atoms with Crippen LogP contribution in [0, 0.1) is 11.3 Å². The van der Waals surface area contributed by atoms with Crippen LogP contribution < -0.4 is 4.74 Å². The lowest BCUT2D eigenvalue weighted by atomic mass is 10.1. The van der Waals surface area contributed by atoms with Crippen LogP contribution in [0.15, 0.2) is 18.2 Å². The van der Waals surface area contributed by atoms with Crippen LogP contribution in [0.4, 0.5) is 0 Å². The molecule has 0 spiro atoms. The van der Waals surface area contributed by atoms with Gasteiger partial charge in [-0.25, -0.2) is 0 Å². The lowest BCUT2D eigenvalue weighted by Crippen LogP contribution is -2.06. The maximum Gasteiger partial charge on any atom is 0.308 e. The molecule has 100 valence electrons. The van der Waals surface area contributed by atoms with Crippen LogP contribution in [0.1, 0.15) is 31.4 Å². The van der Waals surface area contributed by atoms with E-state index in [1.807, 2.05) is 6.07 Å². The third-order valence-electron chi connectivity index (χ3n) is 2.34. The van der Waals surface area contributed by atoms with Gasteiger partial charge in [-0.15, -0.1) is 0 Å². The normalized spacial score (nSPS) is 9.53. The summed E-state index contributed by atoms with van der Waals surface area (Å²) in [7, 11) is 0. The van der Waals surface area contributed by atoms with Crippen molar-refractivity contribution in [1.82, 2.24) is 0 Å². The summed E-state index contributed by atoms with van der Waals surface area (Å²) < 4.78 is 9.78.